The van der Waals surface area contributed by atoms with Crippen molar-refractivity contribution in [2.75, 3.05) is 18.9 Å². The van der Waals surface area contributed by atoms with Crippen molar-refractivity contribution in [1.29, 1.82) is 0 Å². The third kappa shape index (κ3) is 2.85. The Balaban J connectivity index is 2.06. The monoisotopic (exact) mass is 237 g/mol. The molecule has 1 unspecified atom stereocenters. The van der Waals surface area contributed by atoms with Crippen molar-refractivity contribution in [1.82, 2.24) is 9.97 Å². The van der Waals surface area contributed by atoms with E-state index in [1.54, 1.807) is 0 Å². The fraction of sp³-hybridized carbons (Fsp3) is 0.667. The fourth-order valence-electron chi connectivity index (χ4n) is 2.00. The molecule has 0 bridgehead atoms. The quantitative estimate of drug-likeness (QED) is 0.863. The lowest BCUT2D eigenvalue weighted by Crippen LogP contribution is -2.18. The number of aromatic nitrogens is 2. The van der Waals surface area contributed by atoms with E-state index in [9.17, 15) is 0 Å². The van der Waals surface area contributed by atoms with Gasteiger partial charge in [0.25, 0.3) is 0 Å². The van der Waals surface area contributed by atoms with Crippen LogP contribution in [0.15, 0.2) is 6.33 Å². The van der Waals surface area contributed by atoms with E-state index in [2.05, 4.69) is 9.97 Å². The molecular weight excluding hydrogens is 218 g/mol. The molecule has 0 aliphatic carbocycles. The highest BCUT2D eigenvalue weighted by Gasteiger charge is 2.19. The Morgan fingerprint density at radius 1 is 1.53 bits per heavy atom. The van der Waals surface area contributed by atoms with E-state index in [1.165, 1.54) is 6.33 Å². The Kier molecular flexibility index (Phi) is 3.78. The number of rotatable bonds is 4. The molecular formula is C12H19N3O2. The fourth-order valence-corrected chi connectivity index (χ4v) is 2.00. The molecule has 2 rings (SSSR count). The summed E-state index contributed by atoms with van der Waals surface area (Å²) in [5, 5.41) is 0. The van der Waals surface area contributed by atoms with Crippen molar-refractivity contribution < 1.29 is 9.47 Å². The maximum atomic E-state index is 5.84. The van der Waals surface area contributed by atoms with E-state index in [0.29, 0.717) is 18.3 Å². The minimum absolute atomic E-state index is 0.186. The van der Waals surface area contributed by atoms with Crippen molar-refractivity contribution in [3.8, 4) is 5.88 Å². The average Bonchev–Trinajstić information content (AvgIpc) is 2.78. The summed E-state index contributed by atoms with van der Waals surface area (Å²) in [7, 11) is 0. The Hall–Kier alpha value is -1.36. The van der Waals surface area contributed by atoms with Crippen LogP contribution in [0.5, 0.6) is 5.88 Å². The van der Waals surface area contributed by atoms with Crippen LogP contribution in [0, 0.1) is 0 Å². The van der Waals surface area contributed by atoms with Crippen LogP contribution in [0.4, 0.5) is 5.82 Å². The molecule has 0 spiro atoms. The van der Waals surface area contributed by atoms with Gasteiger partial charge in [-0.25, -0.2) is 9.97 Å². The van der Waals surface area contributed by atoms with Gasteiger partial charge < -0.3 is 15.2 Å². The molecule has 1 fully saturated rings. The molecule has 1 atom stereocenters. The maximum absolute atomic E-state index is 5.84. The summed E-state index contributed by atoms with van der Waals surface area (Å²) in [6, 6.07) is 0. The smallest absolute Gasteiger partial charge is 0.222 e. The summed E-state index contributed by atoms with van der Waals surface area (Å²) >= 11 is 0. The van der Waals surface area contributed by atoms with Gasteiger partial charge in [-0.2, -0.15) is 0 Å². The highest BCUT2D eigenvalue weighted by Crippen LogP contribution is 2.28. The SMILES string of the molecule is CC(C)c1c(N)ncnc1OCC1CCCO1. The van der Waals surface area contributed by atoms with Gasteiger partial charge in [0, 0.05) is 6.61 Å². The van der Waals surface area contributed by atoms with E-state index in [-0.39, 0.29) is 12.0 Å². The van der Waals surface area contributed by atoms with Crippen LogP contribution in [0.3, 0.4) is 0 Å². The topological polar surface area (TPSA) is 70.3 Å². The largest absolute Gasteiger partial charge is 0.475 e. The molecule has 1 aromatic heterocycles. The van der Waals surface area contributed by atoms with Gasteiger partial charge in [-0.1, -0.05) is 13.8 Å². The Morgan fingerprint density at radius 2 is 2.35 bits per heavy atom. The Morgan fingerprint density at radius 3 is 3.00 bits per heavy atom. The van der Waals surface area contributed by atoms with Crippen LogP contribution in [0.1, 0.15) is 38.2 Å². The molecule has 1 saturated heterocycles. The van der Waals surface area contributed by atoms with Crippen LogP contribution in [0.25, 0.3) is 0 Å². The summed E-state index contributed by atoms with van der Waals surface area (Å²) < 4.78 is 11.2. The first-order valence-corrected chi connectivity index (χ1v) is 6.03. The zero-order valence-corrected chi connectivity index (χ0v) is 10.3. The predicted molar refractivity (Wildman–Crippen MR) is 65.0 cm³/mol. The van der Waals surface area contributed by atoms with Crippen molar-refractivity contribution in [3.63, 3.8) is 0 Å². The second kappa shape index (κ2) is 5.31. The van der Waals surface area contributed by atoms with E-state index in [1.807, 2.05) is 13.8 Å². The lowest BCUT2D eigenvalue weighted by molar-refractivity contribution is 0.0658. The second-order valence-electron chi connectivity index (χ2n) is 4.58. The van der Waals surface area contributed by atoms with Crippen LogP contribution >= 0.6 is 0 Å². The third-order valence-corrected chi connectivity index (χ3v) is 2.89. The normalized spacial score (nSPS) is 19.8. The molecule has 0 aromatic carbocycles. The van der Waals surface area contributed by atoms with Crippen LogP contribution in [-0.4, -0.2) is 29.3 Å². The van der Waals surface area contributed by atoms with Crippen LogP contribution < -0.4 is 10.5 Å². The number of nitrogens with zero attached hydrogens (tertiary/aromatic N) is 2. The lowest BCUT2D eigenvalue weighted by atomic mass is 10.1. The van der Waals surface area contributed by atoms with Gasteiger partial charge in [-0.05, 0) is 18.8 Å². The summed E-state index contributed by atoms with van der Waals surface area (Å²) in [5.74, 6) is 1.33. The molecule has 0 amide bonds. The van der Waals surface area contributed by atoms with Gasteiger partial charge in [0.2, 0.25) is 5.88 Å². The second-order valence-corrected chi connectivity index (χ2v) is 4.58. The summed E-state index contributed by atoms with van der Waals surface area (Å²) in [5.41, 5.74) is 6.72. The number of hydrogen-bond donors (Lipinski definition) is 1. The molecule has 5 heteroatoms. The maximum Gasteiger partial charge on any atom is 0.222 e. The van der Waals surface area contributed by atoms with Crippen molar-refractivity contribution in [2.24, 2.45) is 0 Å². The first kappa shape index (κ1) is 12.1. The summed E-state index contributed by atoms with van der Waals surface area (Å²) in [6.07, 6.45) is 3.78. The van der Waals surface area contributed by atoms with Crippen molar-refractivity contribution in [3.05, 3.63) is 11.9 Å². The molecule has 94 valence electrons. The molecule has 2 heterocycles. The van der Waals surface area contributed by atoms with Crippen LogP contribution in [0.2, 0.25) is 0 Å². The molecule has 0 saturated carbocycles. The van der Waals surface area contributed by atoms with E-state index >= 15 is 0 Å². The molecule has 2 N–H and O–H groups in total. The Bertz CT molecular complexity index is 376. The van der Waals surface area contributed by atoms with Crippen molar-refractivity contribution in [2.45, 2.75) is 38.7 Å². The highest BCUT2D eigenvalue weighted by atomic mass is 16.5. The zero-order valence-electron chi connectivity index (χ0n) is 10.3. The van der Waals surface area contributed by atoms with Gasteiger partial charge in [0.05, 0.1) is 11.7 Å². The predicted octanol–water partition coefficient (Wildman–Crippen LogP) is 1.74. The van der Waals surface area contributed by atoms with E-state index in [4.69, 9.17) is 15.2 Å². The van der Waals surface area contributed by atoms with Gasteiger partial charge in [0.1, 0.15) is 18.8 Å². The zero-order chi connectivity index (χ0) is 12.3. The molecule has 1 aliphatic rings. The molecule has 1 aliphatic heterocycles. The number of nitrogen functional groups attached to an aromatic ring is 1. The Labute approximate surface area is 101 Å². The number of nitrogens with two attached hydrogens (primary N) is 1. The minimum atomic E-state index is 0.186. The molecule has 1 aromatic rings. The number of anilines is 1. The first-order valence-electron chi connectivity index (χ1n) is 6.03. The standard InChI is InChI=1S/C12H19N3O2/c1-8(2)10-11(13)14-7-15-12(10)17-6-9-4-3-5-16-9/h7-9H,3-6H2,1-2H3,(H2,13,14,15). The molecule has 0 radical (unpaired) electrons. The van der Waals surface area contributed by atoms with E-state index < -0.39 is 0 Å². The summed E-state index contributed by atoms with van der Waals surface area (Å²) in [4.78, 5) is 8.15. The van der Waals surface area contributed by atoms with E-state index in [0.717, 1.165) is 25.0 Å². The third-order valence-electron chi connectivity index (χ3n) is 2.89. The molecule has 17 heavy (non-hydrogen) atoms. The first-order chi connectivity index (χ1) is 8.18. The van der Waals surface area contributed by atoms with Gasteiger partial charge in [0.15, 0.2) is 0 Å². The average molecular weight is 237 g/mol. The van der Waals surface area contributed by atoms with Crippen LogP contribution in [-0.2, 0) is 4.74 Å². The lowest BCUT2D eigenvalue weighted by Gasteiger charge is -2.16. The van der Waals surface area contributed by atoms with Gasteiger partial charge >= 0.3 is 0 Å². The number of ether oxygens (including phenoxy) is 2. The highest BCUT2D eigenvalue weighted by molar-refractivity contribution is 5.46. The minimum Gasteiger partial charge on any atom is -0.475 e. The molecule has 5 nitrogen and oxygen atoms in total. The van der Waals surface area contributed by atoms with Crippen molar-refractivity contribution >= 4 is 5.82 Å². The van der Waals surface area contributed by atoms with Gasteiger partial charge in [-0.15, -0.1) is 0 Å². The van der Waals surface area contributed by atoms with Gasteiger partial charge in [-0.3, -0.25) is 0 Å². The summed E-state index contributed by atoms with van der Waals surface area (Å²) in [6.45, 7) is 5.47. The number of hydrogen-bond acceptors (Lipinski definition) is 5.